The summed E-state index contributed by atoms with van der Waals surface area (Å²) in [7, 11) is 0. The topological polar surface area (TPSA) is 61.1 Å². The summed E-state index contributed by atoms with van der Waals surface area (Å²) < 4.78 is 0. The van der Waals surface area contributed by atoms with Gasteiger partial charge in [-0.3, -0.25) is 0 Å². The number of nitrogens with zero attached hydrogens (tertiary/aromatic N) is 1. The first kappa shape index (κ1) is 8.52. The summed E-state index contributed by atoms with van der Waals surface area (Å²) in [6.45, 7) is 0. The first-order valence-electron chi connectivity index (χ1n) is 4.17. The largest absolute Gasteiger partial charge is 0.478 e. The van der Waals surface area contributed by atoms with E-state index in [4.69, 9.17) is 10.4 Å². The van der Waals surface area contributed by atoms with Crippen molar-refractivity contribution >= 4 is 12.0 Å². The van der Waals surface area contributed by atoms with Crippen LogP contribution in [-0.4, -0.2) is 11.1 Å². The number of carbonyl (C=O) groups is 1. The molecular weight excluding hydrogens is 178 g/mol. The van der Waals surface area contributed by atoms with Crippen LogP contribution < -0.4 is 0 Å². The Bertz CT molecular complexity index is 481. The Balaban J connectivity index is 2.41. The smallest absolute Gasteiger partial charge is 0.331 e. The first-order chi connectivity index (χ1) is 6.70. The number of carboxylic acid groups (broad SMARTS) is 1. The minimum atomic E-state index is -0.889. The highest BCUT2D eigenvalue weighted by Gasteiger charge is 2.17. The van der Waals surface area contributed by atoms with Gasteiger partial charge in [-0.2, -0.15) is 5.26 Å². The van der Waals surface area contributed by atoms with Gasteiger partial charge in [0.05, 0.1) is 11.6 Å². The van der Waals surface area contributed by atoms with E-state index in [9.17, 15) is 4.79 Å². The van der Waals surface area contributed by atoms with Crippen LogP contribution in [0.25, 0.3) is 6.08 Å². The van der Waals surface area contributed by atoms with Gasteiger partial charge in [0.15, 0.2) is 0 Å². The van der Waals surface area contributed by atoms with Crippen molar-refractivity contribution in [1.29, 1.82) is 5.26 Å². The molecule has 1 aliphatic rings. The van der Waals surface area contributed by atoms with Gasteiger partial charge in [0.25, 0.3) is 0 Å². The molecule has 0 aromatic heterocycles. The molecule has 1 aromatic carbocycles. The molecule has 0 saturated carbocycles. The Labute approximate surface area is 80.9 Å². The molecule has 0 unspecified atom stereocenters. The van der Waals surface area contributed by atoms with Crippen LogP contribution in [0.2, 0.25) is 0 Å². The molecule has 14 heavy (non-hydrogen) atoms. The van der Waals surface area contributed by atoms with E-state index in [1.54, 1.807) is 24.3 Å². The Morgan fingerprint density at radius 2 is 2.29 bits per heavy atom. The lowest BCUT2D eigenvalue weighted by Gasteiger charge is -1.97. The molecule has 0 fully saturated rings. The zero-order chi connectivity index (χ0) is 10.1. The minimum Gasteiger partial charge on any atom is -0.478 e. The molecular formula is C11H7NO2. The molecule has 3 nitrogen and oxygen atoms in total. The molecule has 0 amide bonds. The number of fused-ring (bicyclic) bond motifs is 1. The van der Waals surface area contributed by atoms with Gasteiger partial charge < -0.3 is 5.11 Å². The molecule has 3 heteroatoms. The van der Waals surface area contributed by atoms with Gasteiger partial charge in [-0.1, -0.05) is 6.07 Å². The minimum absolute atomic E-state index is 0.384. The van der Waals surface area contributed by atoms with Crippen molar-refractivity contribution in [1.82, 2.24) is 0 Å². The Morgan fingerprint density at radius 3 is 2.93 bits per heavy atom. The fourth-order valence-electron chi connectivity index (χ4n) is 1.55. The van der Waals surface area contributed by atoms with E-state index in [0.29, 0.717) is 17.6 Å². The van der Waals surface area contributed by atoms with Gasteiger partial charge in [-0.05, 0) is 29.3 Å². The van der Waals surface area contributed by atoms with Crippen LogP contribution in [-0.2, 0) is 11.2 Å². The quantitative estimate of drug-likeness (QED) is 0.722. The van der Waals surface area contributed by atoms with E-state index in [2.05, 4.69) is 0 Å². The van der Waals surface area contributed by atoms with Crippen molar-refractivity contribution in [3.8, 4) is 6.07 Å². The van der Waals surface area contributed by atoms with Crippen LogP contribution in [0.4, 0.5) is 0 Å². The van der Waals surface area contributed by atoms with E-state index in [1.807, 2.05) is 6.07 Å². The maximum absolute atomic E-state index is 10.7. The summed E-state index contributed by atoms with van der Waals surface area (Å²) in [6, 6.07) is 7.24. The van der Waals surface area contributed by atoms with E-state index in [1.165, 1.54) is 0 Å². The number of benzene rings is 1. The molecule has 0 atom stereocenters. The summed E-state index contributed by atoms with van der Waals surface area (Å²) >= 11 is 0. The lowest BCUT2D eigenvalue weighted by Crippen LogP contribution is -1.99. The summed E-state index contributed by atoms with van der Waals surface area (Å²) in [6.07, 6.45) is 2.07. The van der Waals surface area contributed by atoms with Crippen LogP contribution in [0.5, 0.6) is 0 Å². The van der Waals surface area contributed by atoms with Gasteiger partial charge in [0, 0.05) is 12.0 Å². The van der Waals surface area contributed by atoms with Crippen LogP contribution in [0, 0.1) is 11.3 Å². The molecule has 0 aliphatic heterocycles. The van der Waals surface area contributed by atoms with Gasteiger partial charge in [0.1, 0.15) is 0 Å². The predicted octanol–water partition coefficient (Wildman–Crippen LogP) is 1.58. The van der Waals surface area contributed by atoms with E-state index < -0.39 is 5.97 Å². The van der Waals surface area contributed by atoms with Crippen molar-refractivity contribution in [3.05, 3.63) is 40.5 Å². The lowest BCUT2D eigenvalue weighted by atomic mass is 10.1. The third-order valence-corrected chi connectivity index (χ3v) is 2.26. The second-order valence-corrected chi connectivity index (χ2v) is 3.18. The van der Waals surface area contributed by atoms with Gasteiger partial charge in [-0.15, -0.1) is 0 Å². The third kappa shape index (κ3) is 1.27. The molecule has 1 aromatic rings. The zero-order valence-electron chi connectivity index (χ0n) is 7.32. The number of hydrogen-bond donors (Lipinski definition) is 1. The molecule has 0 radical (unpaired) electrons. The van der Waals surface area contributed by atoms with E-state index in [-0.39, 0.29) is 0 Å². The zero-order valence-corrected chi connectivity index (χ0v) is 7.32. The predicted molar refractivity (Wildman–Crippen MR) is 50.5 cm³/mol. The van der Waals surface area contributed by atoms with Crippen LogP contribution >= 0.6 is 0 Å². The number of nitriles is 1. The number of rotatable bonds is 1. The highest BCUT2D eigenvalue weighted by atomic mass is 16.4. The summed E-state index contributed by atoms with van der Waals surface area (Å²) in [5.74, 6) is -0.889. The average Bonchev–Trinajstić information content (AvgIpc) is 2.59. The number of aliphatic carboxylic acids is 1. The van der Waals surface area contributed by atoms with Gasteiger partial charge in [-0.25, -0.2) is 4.79 Å². The number of hydrogen-bond acceptors (Lipinski definition) is 2. The lowest BCUT2D eigenvalue weighted by molar-refractivity contribution is -0.132. The van der Waals surface area contributed by atoms with Crippen molar-refractivity contribution in [2.45, 2.75) is 6.42 Å². The Morgan fingerprint density at radius 1 is 1.50 bits per heavy atom. The monoisotopic (exact) mass is 185 g/mol. The SMILES string of the molecule is N#Cc1ccc2c(c1)CC(C(=O)O)=C2. The van der Waals surface area contributed by atoms with Crippen molar-refractivity contribution in [3.63, 3.8) is 0 Å². The molecule has 0 bridgehead atoms. The van der Waals surface area contributed by atoms with Crippen LogP contribution in [0.15, 0.2) is 23.8 Å². The third-order valence-electron chi connectivity index (χ3n) is 2.26. The first-order valence-corrected chi connectivity index (χ1v) is 4.17. The standard InChI is InChI=1S/C11H7NO2/c12-6-7-1-2-8-4-10(11(13)14)5-9(8)3-7/h1-4H,5H2,(H,13,14). The van der Waals surface area contributed by atoms with E-state index in [0.717, 1.165) is 11.1 Å². The Hall–Kier alpha value is -2.08. The molecule has 0 heterocycles. The summed E-state index contributed by atoms with van der Waals surface area (Å²) in [4.78, 5) is 10.7. The van der Waals surface area contributed by atoms with E-state index >= 15 is 0 Å². The Kier molecular flexibility index (Phi) is 1.83. The second-order valence-electron chi connectivity index (χ2n) is 3.18. The highest BCUT2D eigenvalue weighted by Crippen LogP contribution is 2.25. The number of carboxylic acids is 1. The molecule has 0 saturated heterocycles. The van der Waals surface area contributed by atoms with Crippen molar-refractivity contribution in [2.75, 3.05) is 0 Å². The fourth-order valence-corrected chi connectivity index (χ4v) is 1.55. The second kappa shape index (κ2) is 3.00. The maximum Gasteiger partial charge on any atom is 0.331 e. The molecule has 68 valence electrons. The average molecular weight is 185 g/mol. The molecule has 0 spiro atoms. The summed E-state index contributed by atoms with van der Waals surface area (Å²) in [5.41, 5.74) is 2.78. The highest BCUT2D eigenvalue weighted by molar-refractivity contribution is 5.95. The fraction of sp³-hybridized carbons (Fsp3) is 0.0909. The van der Waals surface area contributed by atoms with Crippen molar-refractivity contribution < 1.29 is 9.90 Å². The van der Waals surface area contributed by atoms with Gasteiger partial charge in [0.2, 0.25) is 0 Å². The van der Waals surface area contributed by atoms with Crippen LogP contribution in [0.3, 0.4) is 0 Å². The summed E-state index contributed by atoms with van der Waals surface area (Å²) in [5, 5.41) is 17.4. The molecule has 1 N–H and O–H groups in total. The van der Waals surface area contributed by atoms with Crippen LogP contribution in [0.1, 0.15) is 16.7 Å². The molecule has 2 rings (SSSR count). The molecule has 1 aliphatic carbocycles. The van der Waals surface area contributed by atoms with Gasteiger partial charge >= 0.3 is 5.97 Å². The maximum atomic E-state index is 10.7. The van der Waals surface area contributed by atoms with Crippen molar-refractivity contribution in [2.24, 2.45) is 0 Å². The normalized spacial score (nSPS) is 12.9.